The minimum atomic E-state index is 0.191. The van der Waals surface area contributed by atoms with E-state index in [2.05, 4.69) is 40.7 Å². The summed E-state index contributed by atoms with van der Waals surface area (Å²) in [6.07, 6.45) is 0. The topological polar surface area (TPSA) is 54.9 Å². The summed E-state index contributed by atoms with van der Waals surface area (Å²) in [5.41, 5.74) is 2.29. The number of nitrogens with zero attached hydrogens (tertiary/aromatic N) is 1. The van der Waals surface area contributed by atoms with E-state index in [1.54, 1.807) is 14.2 Å². The monoisotopic (exact) mass is 341 g/mol. The van der Waals surface area contributed by atoms with Crippen molar-refractivity contribution in [3.63, 3.8) is 0 Å². The van der Waals surface area contributed by atoms with Gasteiger partial charge in [-0.2, -0.15) is 0 Å². The van der Waals surface area contributed by atoms with E-state index in [1.807, 2.05) is 36.4 Å². The Bertz CT molecular complexity index is 659. The second-order valence-electron chi connectivity index (χ2n) is 5.85. The first-order valence-electron chi connectivity index (χ1n) is 8.43. The lowest BCUT2D eigenvalue weighted by molar-refractivity contribution is 0.179. The molecule has 25 heavy (non-hydrogen) atoms. The van der Waals surface area contributed by atoms with E-state index >= 15 is 0 Å². The number of hydrogen-bond acceptors (Lipinski definition) is 3. The first-order valence-corrected chi connectivity index (χ1v) is 8.43. The molecule has 0 bridgehead atoms. The van der Waals surface area contributed by atoms with Crippen molar-refractivity contribution in [1.29, 1.82) is 0 Å². The minimum Gasteiger partial charge on any atom is -0.489 e. The molecule has 0 aliphatic rings. The summed E-state index contributed by atoms with van der Waals surface area (Å²) in [7, 11) is 3.45. The van der Waals surface area contributed by atoms with Crippen LogP contribution in [0.15, 0.2) is 59.6 Å². The molecule has 1 atom stereocenters. The highest BCUT2D eigenvalue weighted by Gasteiger charge is 2.05. The predicted molar refractivity (Wildman–Crippen MR) is 102 cm³/mol. The van der Waals surface area contributed by atoms with Crippen LogP contribution in [0.1, 0.15) is 18.1 Å². The first kappa shape index (κ1) is 18.8. The van der Waals surface area contributed by atoms with Crippen LogP contribution in [-0.4, -0.2) is 32.8 Å². The molecule has 2 aromatic rings. The molecule has 5 nitrogen and oxygen atoms in total. The van der Waals surface area contributed by atoms with E-state index in [0.29, 0.717) is 19.8 Å². The summed E-state index contributed by atoms with van der Waals surface area (Å²) in [4.78, 5) is 4.23. The standard InChI is InChI=1S/C20H27N3O2/c1-16(14-24-3)23-20(21-2)22-13-18-10-7-11-19(12-18)25-15-17-8-5-4-6-9-17/h4-12,16H,13-15H2,1-3H3,(H2,21,22,23). The zero-order valence-electron chi connectivity index (χ0n) is 15.2. The number of nitrogens with one attached hydrogen (secondary N) is 2. The van der Waals surface area contributed by atoms with Crippen molar-refractivity contribution in [2.24, 2.45) is 4.99 Å². The number of hydrogen-bond donors (Lipinski definition) is 2. The molecule has 2 N–H and O–H groups in total. The van der Waals surface area contributed by atoms with Crippen LogP contribution in [-0.2, 0) is 17.9 Å². The summed E-state index contributed by atoms with van der Waals surface area (Å²) < 4.78 is 11.0. The van der Waals surface area contributed by atoms with Crippen molar-refractivity contribution in [2.75, 3.05) is 20.8 Å². The predicted octanol–water partition coefficient (Wildman–Crippen LogP) is 2.97. The maximum absolute atomic E-state index is 5.87. The largest absolute Gasteiger partial charge is 0.489 e. The molecule has 2 rings (SSSR count). The zero-order chi connectivity index (χ0) is 17.9. The van der Waals surface area contributed by atoms with E-state index in [-0.39, 0.29) is 6.04 Å². The third kappa shape index (κ3) is 6.85. The number of rotatable bonds is 8. The highest BCUT2D eigenvalue weighted by molar-refractivity contribution is 5.79. The SMILES string of the molecule is CN=C(NCc1cccc(OCc2ccccc2)c1)NC(C)COC. The molecule has 0 aliphatic carbocycles. The van der Waals surface area contributed by atoms with Gasteiger partial charge in [0.15, 0.2) is 5.96 Å². The van der Waals surface area contributed by atoms with Crippen LogP contribution >= 0.6 is 0 Å². The average Bonchev–Trinajstić information content (AvgIpc) is 2.65. The van der Waals surface area contributed by atoms with Gasteiger partial charge in [-0.15, -0.1) is 0 Å². The third-order valence-electron chi connectivity index (χ3n) is 3.63. The number of ether oxygens (including phenoxy) is 2. The fourth-order valence-electron chi connectivity index (χ4n) is 2.39. The van der Waals surface area contributed by atoms with Crippen molar-refractivity contribution in [2.45, 2.75) is 26.1 Å². The van der Waals surface area contributed by atoms with Gasteiger partial charge < -0.3 is 20.1 Å². The maximum Gasteiger partial charge on any atom is 0.191 e. The summed E-state index contributed by atoms with van der Waals surface area (Å²) in [5, 5.41) is 6.59. The molecule has 0 heterocycles. The van der Waals surface area contributed by atoms with Crippen molar-refractivity contribution < 1.29 is 9.47 Å². The highest BCUT2D eigenvalue weighted by Crippen LogP contribution is 2.15. The van der Waals surface area contributed by atoms with Crippen molar-refractivity contribution >= 4 is 5.96 Å². The van der Waals surface area contributed by atoms with Crippen LogP contribution < -0.4 is 15.4 Å². The molecule has 0 fully saturated rings. The van der Waals surface area contributed by atoms with Crippen LogP contribution in [0.25, 0.3) is 0 Å². The van der Waals surface area contributed by atoms with E-state index in [1.165, 1.54) is 0 Å². The fraction of sp³-hybridized carbons (Fsp3) is 0.350. The molecule has 0 aromatic heterocycles. The van der Waals surface area contributed by atoms with E-state index in [4.69, 9.17) is 9.47 Å². The molecule has 0 saturated carbocycles. The van der Waals surface area contributed by atoms with Crippen LogP contribution in [0.3, 0.4) is 0 Å². The Morgan fingerprint density at radius 2 is 1.84 bits per heavy atom. The Balaban J connectivity index is 1.86. The maximum atomic E-state index is 5.87. The molecule has 0 aliphatic heterocycles. The lowest BCUT2D eigenvalue weighted by Gasteiger charge is -2.17. The molecule has 0 spiro atoms. The van der Waals surface area contributed by atoms with Crippen molar-refractivity contribution in [3.8, 4) is 5.75 Å². The molecule has 5 heteroatoms. The van der Waals surface area contributed by atoms with Crippen molar-refractivity contribution in [1.82, 2.24) is 10.6 Å². The Hall–Kier alpha value is -2.53. The Kier molecular flexibility index (Phi) is 7.79. The second-order valence-corrected chi connectivity index (χ2v) is 5.85. The number of methoxy groups -OCH3 is 1. The lowest BCUT2D eigenvalue weighted by atomic mass is 10.2. The highest BCUT2D eigenvalue weighted by atomic mass is 16.5. The fourth-order valence-corrected chi connectivity index (χ4v) is 2.39. The third-order valence-corrected chi connectivity index (χ3v) is 3.63. The average molecular weight is 341 g/mol. The van der Waals surface area contributed by atoms with Crippen LogP contribution in [0, 0.1) is 0 Å². The normalized spacial score (nSPS) is 12.5. The quantitative estimate of drug-likeness (QED) is 0.572. The molecule has 134 valence electrons. The lowest BCUT2D eigenvalue weighted by Crippen LogP contribution is -2.43. The molecular formula is C20H27N3O2. The molecule has 0 radical (unpaired) electrons. The Labute approximate surface area is 150 Å². The number of aliphatic imine (C=N–C) groups is 1. The summed E-state index contributed by atoms with van der Waals surface area (Å²) in [5.74, 6) is 1.61. The molecule has 0 saturated heterocycles. The smallest absolute Gasteiger partial charge is 0.191 e. The summed E-state index contributed by atoms with van der Waals surface area (Å²) in [6.45, 7) is 3.91. The number of guanidine groups is 1. The van der Waals surface area contributed by atoms with Gasteiger partial charge in [-0.25, -0.2) is 0 Å². The first-order chi connectivity index (χ1) is 12.2. The summed E-state index contributed by atoms with van der Waals surface area (Å²) in [6, 6.07) is 18.4. The van der Waals surface area contributed by atoms with E-state index < -0.39 is 0 Å². The van der Waals surface area contributed by atoms with Gasteiger partial charge in [-0.1, -0.05) is 42.5 Å². The molecule has 2 aromatic carbocycles. The van der Waals surface area contributed by atoms with Gasteiger partial charge in [0.05, 0.1) is 6.61 Å². The van der Waals surface area contributed by atoms with E-state index in [9.17, 15) is 0 Å². The van der Waals surface area contributed by atoms with Gasteiger partial charge in [0, 0.05) is 26.7 Å². The van der Waals surface area contributed by atoms with Gasteiger partial charge in [0.2, 0.25) is 0 Å². The van der Waals surface area contributed by atoms with Gasteiger partial charge in [-0.05, 0) is 30.2 Å². The van der Waals surface area contributed by atoms with Crippen LogP contribution in [0.5, 0.6) is 5.75 Å². The van der Waals surface area contributed by atoms with Gasteiger partial charge >= 0.3 is 0 Å². The Morgan fingerprint density at radius 3 is 2.56 bits per heavy atom. The molecule has 1 unspecified atom stereocenters. The second kappa shape index (κ2) is 10.4. The zero-order valence-corrected chi connectivity index (χ0v) is 15.2. The number of benzene rings is 2. The Morgan fingerprint density at radius 1 is 1.08 bits per heavy atom. The molecule has 0 amide bonds. The van der Waals surface area contributed by atoms with E-state index in [0.717, 1.165) is 22.8 Å². The minimum absolute atomic E-state index is 0.191. The van der Waals surface area contributed by atoms with Gasteiger partial charge in [0.1, 0.15) is 12.4 Å². The molecular weight excluding hydrogens is 314 g/mol. The summed E-state index contributed by atoms with van der Waals surface area (Å²) >= 11 is 0. The van der Waals surface area contributed by atoms with Crippen LogP contribution in [0.2, 0.25) is 0 Å². The van der Waals surface area contributed by atoms with Gasteiger partial charge in [-0.3, -0.25) is 4.99 Å². The van der Waals surface area contributed by atoms with Crippen molar-refractivity contribution in [3.05, 3.63) is 65.7 Å². The van der Waals surface area contributed by atoms with Gasteiger partial charge in [0.25, 0.3) is 0 Å². The van der Waals surface area contributed by atoms with Crippen LogP contribution in [0.4, 0.5) is 0 Å².